The molecule has 3 aromatic rings. The Labute approximate surface area is 153 Å². The highest BCUT2D eigenvalue weighted by atomic mass is 32.1. The average molecular weight is 370 g/mol. The standard InChI is InChI=1S/C19H15FN2O3S/c20-14-3-1-2-12(8-14)4-7-18(23)22-19-21-15(10-26-19)13-5-6-16-17(9-13)25-11-24-16/h1-3,5-6,8-10H,4,7,11H2,(H,21,22,23). The molecule has 1 aliphatic heterocycles. The Balaban J connectivity index is 1.38. The van der Waals surface area contributed by atoms with Crippen LogP contribution >= 0.6 is 11.3 Å². The van der Waals surface area contributed by atoms with Gasteiger partial charge in [0, 0.05) is 17.4 Å². The van der Waals surface area contributed by atoms with Gasteiger partial charge in [0.05, 0.1) is 5.69 Å². The first-order valence-electron chi connectivity index (χ1n) is 8.07. The zero-order chi connectivity index (χ0) is 17.9. The van der Waals surface area contributed by atoms with Crippen LogP contribution in [0.1, 0.15) is 12.0 Å². The van der Waals surface area contributed by atoms with Crippen molar-refractivity contribution in [3.8, 4) is 22.8 Å². The number of anilines is 1. The van der Waals surface area contributed by atoms with Crippen LogP contribution in [0.25, 0.3) is 11.3 Å². The number of fused-ring (bicyclic) bond motifs is 1. The highest BCUT2D eigenvalue weighted by Gasteiger charge is 2.15. The number of carbonyl (C=O) groups is 1. The number of thiazole rings is 1. The number of aryl methyl sites for hydroxylation is 1. The highest BCUT2D eigenvalue weighted by Crippen LogP contribution is 2.36. The van der Waals surface area contributed by atoms with E-state index in [-0.39, 0.29) is 24.9 Å². The number of amides is 1. The third kappa shape index (κ3) is 3.67. The number of rotatable bonds is 5. The molecule has 1 N–H and O–H groups in total. The molecule has 7 heteroatoms. The van der Waals surface area contributed by atoms with Gasteiger partial charge in [-0.15, -0.1) is 11.3 Å². The molecule has 0 spiro atoms. The molecular weight excluding hydrogens is 355 g/mol. The van der Waals surface area contributed by atoms with Gasteiger partial charge in [-0.2, -0.15) is 0 Å². The zero-order valence-corrected chi connectivity index (χ0v) is 14.5. The van der Waals surface area contributed by atoms with Gasteiger partial charge in [-0.1, -0.05) is 12.1 Å². The lowest BCUT2D eigenvalue weighted by Crippen LogP contribution is -2.12. The second-order valence-corrected chi connectivity index (χ2v) is 6.64. The van der Waals surface area contributed by atoms with Gasteiger partial charge in [0.25, 0.3) is 0 Å². The minimum absolute atomic E-state index is 0.152. The van der Waals surface area contributed by atoms with Gasteiger partial charge in [-0.3, -0.25) is 4.79 Å². The Kier molecular flexibility index (Phi) is 4.53. The van der Waals surface area contributed by atoms with E-state index >= 15 is 0 Å². The highest BCUT2D eigenvalue weighted by molar-refractivity contribution is 7.14. The predicted octanol–water partition coefficient (Wildman–Crippen LogP) is 4.25. The van der Waals surface area contributed by atoms with Crippen molar-refractivity contribution in [1.29, 1.82) is 0 Å². The smallest absolute Gasteiger partial charge is 0.231 e. The SMILES string of the molecule is O=C(CCc1cccc(F)c1)Nc1nc(-c2ccc3c(c2)OCO3)cs1. The number of halogens is 1. The van der Waals surface area contributed by atoms with Gasteiger partial charge in [0.15, 0.2) is 16.6 Å². The van der Waals surface area contributed by atoms with Crippen LogP contribution in [0.4, 0.5) is 9.52 Å². The van der Waals surface area contributed by atoms with Crippen molar-refractivity contribution in [2.45, 2.75) is 12.8 Å². The zero-order valence-electron chi connectivity index (χ0n) is 13.7. The van der Waals surface area contributed by atoms with Crippen LogP contribution in [0.3, 0.4) is 0 Å². The van der Waals surface area contributed by atoms with Crippen LogP contribution in [0.2, 0.25) is 0 Å². The van der Waals surface area contributed by atoms with E-state index in [0.717, 1.165) is 22.6 Å². The quantitative estimate of drug-likeness (QED) is 0.729. The predicted molar refractivity (Wildman–Crippen MR) is 97.0 cm³/mol. The first-order chi connectivity index (χ1) is 12.7. The molecule has 0 saturated carbocycles. The summed E-state index contributed by atoms with van der Waals surface area (Å²) in [5.41, 5.74) is 2.44. The first kappa shape index (κ1) is 16.5. The normalized spacial score (nSPS) is 12.2. The summed E-state index contributed by atoms with van der Waals surface area (Å²) in [6.07, 6.45) is 0.742. The second kappa shape index (κ2) is 7.13. The molecular formula is C19H15FN2O3S. The number of hydrogen-bond acceptors (Lipinski definition) is 5. The van der Waals surface area contributed by atoms with Crippen molar-refractivity contribution < 1.29 is 18.7 Å². The molecule has 1 aliphatic rings. The molecule has 0 saturated heterocycles. The number of nitrogens with one attached hydrogen (secondary N) is 1. The lowest BCUT2D eigenvalue weighted by molar-refractivity contribution is -0.116. The molecule has 0 unspecified atom stereocenters. The van der Waals surface area contributed by atoms with E-state index in [4.69, 9.17) is 9.47 Å². The molecule has 5 nitrogen and oxygen atoms in total. The minimum Gasteiger partial charge on any atom is -0.454 e. The fourth-order valence-electron chi connectivity index (χ4n) is 2.65. The second-order valence-electron chi connectivity index (χ2n) is 5.78. The first-order valence-corrected chi connectivity index (χ1v) is 8.95. The van der Waals surface area contributed by atoms with E-state index in [9.17, 15) is 9.18 Å². The summed E-state index contributed by atoms with van der Waals surface area (Å²) in [7, 11) is 0. The molecule has 1 amide bonds. The van der Waals surface area contributed by atoms with Crippen molar-refractivity contribution in [3.05, 3.63) is 59.2 Å². The number of hydrogen-bond donors (Lipinski definition) is 1. The maximum atomic E-state index is 13.2. The van der Waals surface area contributed by atoms with E-state index < -0.39 is 0 Å². The van der Waals surface area contributed by atoms with Gasteiger partial charge < -0.3 is 14.8 Å². The summed E-state index contributed by atoms with van der Waals surface area (Å²) >= 11 is 1.35. The Bertz CT molecular complexity index is 957. The fourth-order valence-corrected chi connectivity index (χ4v) is 3.39. The maximum Gasteiger partial charge on any atom is 0.231 e. The van der Waals surface area contributed by atoms with Crippen molar-refractivity contribution >= 4 is 22.4 Å². The molecule has 0 aliphatic carbocycles. The largest absolute Gasteiger partial charge is 0.454 e. The number of ether oxygens (including phenoxy) is 2. The van der Waals surface area contributed by atoms with E-state index in [2.05, 4.69) is 10.3 Å². The Morgan fingerprint density at radius 2 is 2.08 bits per heavy atom. The minimum atomic E-state index is -0.295. The van der Waals surface area contributed by atoms with Crippen molar-refractivity contribution in [2.24, 2.45) is 0 Å². The van der Waals surface area contributed by atoms with Gasteiger partial charge in [-0.25, -0.2) is 9.37 Å². The van der Waals surface area contributed by atoms with E-state index in [0.29, 0.717) is 17.3 Å². The van der Waals surface area contributed by atoms with Crippen LogP contribution < -0.4 is 14.8 Å². The number of benzene rings is 2. The van der Waals surface area contributed by atoms with E-state index in [1.807, 2.05) is 23.6 Å². The topological polar surface area (TPSA) is 60.5 Å². The van der Waals surface area contributed by atoms with Gasteiger partial charge in [0.1, 0.15) is 5.82 Å². The number of carbonyl (C=O) groups excluding carboxylic acids is 1. The maximum absolute atomic E-state index is 13.2. The summed E-state index contributed by atoms with van der Waals surface area (Å²) < 4.78 is 23.8. The molecule has 2 heterocycles. The molecule has 132 valence electrons. The molecule has 0 bridgehead atoms. The van der Waals surface area contributed by atoms with Gasteiger partial charge in [-0.05, 0) is 42.3 Å². The summed E-state index contributed by atoms with van der Waals surface area (Å²) in [6.45, 7) is 0.225. The van der Waals surface area contributed by atoms with Crippen LogP contribution in [-0.4, -0.2) is 17.7 Å². The third-order valence-electron chi connectivity index (χ3n) is 3.95. The lowest BCUT2D eigenvalue weighted by atomic mass is 10.1. The van der Waals surface area contributed by atoms with Crippen molar-refractivity contribution in [2.75, 3.05) is 12.1 Å². The number of nitrogens with zero attached hydrogens (tertiary/aromatic N) is 1. The van der Waals surface area contributed by atoms with Crippen molar-refractivity contribution in [3.63, 3.8) is 0 Å². The third-order valence-corrected chi connectivity index (χ3v) is 4.71. The Morgan fingerprint density at radius 1 is 1.19 bits per heavy atom. The van der Waals surface area contributed by atoms with Crippen molar-refractivity contribution in [1.82, 2.24) is 4.98 Å². The summed E-state index contributed by atoms with van der Waals surface area (Å²) in [6, 6.07) is 11.9. The molecule has 1 aromatic heterocycles. The van der Waals surface area contributed by atoms with Crippen LogP contribution in [-0.2, 0) is 11.2 Å². The fraction of sp³-hybridized carbons (Fsp3) is 0.158. The monoisotopic (exact) mass is 370 g/mol. The lowest BCUT2D eigenvalue weighted by Gasteiger charge is -2.03. The van der Waals surface area contributed by atoms with Crippen LogP contribution in [0.5, 0.6) is 11.5 Å². The van der Waals surface area contributed by atoms with E-state index in [1.165, 1.54) is 23.5 Å². The molecule has 4 rings (SSSR count). The molecule has 0 fully saturated rings. The van der Waals surface area contributed by atoms with Crippen LogP contribution in [0.15, 0.2) is 47.8 Å². The average Bonchev–Trinajstić information content (AvgIpc) is 3.28. The Hall–Kier alpha value is -2.93. The molecule has 0 atom stereocenters. The summed E-state index contributed by atoms with van der Waals surface area (Å²) in [5, 5.41) is 5.19. The van der Waals surface area contributed by atoms with Gasteiger partial charge in [0.2, 0.25) is 12.7 Å². The molecule has 2 aromatic carbocycles. The molecule has 0 radical (unpaired) electrons. The summed E-state index contributed by atoms with van der Waals surface area (Å²) in [5.74, 6) is 0.961. The van der Waals surface area contributed by atoms with Crippen LogP contribution in [0, 0.1) is 5.82 Å². The Morgan fingerprint density at radius 3 is 2.96 bits per heavy atom. The summed E-state index contributed by atoms with van der Waals surface area (Å²) in [4.78, 5) is 16.5. The van der Waals surface area contributed by atoms with Gasteiger partial charge >= 0.3 is 0 Å². The number of aromatic nitrogens is 1. The molecule has 26 heavy (non-hydrogen) atoms. The van der Waals surface area contributed by atoms with E-state index in [1.54, 1.807) is 12.1 Å².